The number of rotatable bonds is 5. The van der Waals surface area contributed by atoms with Crippen LogP contribution in [-0.2, 0) is 16.6 Å². The number of fused-ring (bicyclic) bond motifs is 1. The van der Waals surface area contributed by atoms with Gasteiger partial charge < -0.3 is 4.74 Å². The summed E-state index contributed by atoms with van der Waals surface area (Å²) < 4.78 is 4.97. The highest BCUT2D eigenvalue weighted by Gasteiger charge is 2.27. The second kappa shape index (κ2) is 7.91. The van der Waals surface area contributed by atoms with Crippen LogP contribution in [0.25, 0.3) is 6.08 Å². The van der Waals surface area contributed by atoms with Crippen LogP contribution in [0, 0.1) is 0 Å². The lowest BCUT2D eigenvalue weighted by molar-refractivity contribution is 0.0526. The lowest BCUT2D eigenvalue weighted by Crippen LogP contribution is -2.24. The maximum atomic E-state index is 12.6. The average molecular weight is 362 g/mol. The van der Waals surface area contributed by atoms with Gasteiger partial charge in [-0.1, -0.05) is 44.2 Å². The maximum Gasteiger partial charge on any atom is 0.338 e. The molecule has 0 aromatic heterocycles. The van der Waals surface area contributed by atoms with Crippen LogP contribution in [0.1, 0.15) is 71.0 Å². The van der Waals surface area contributed by atoms with Crippen molar-refractivity contribution in [1.29, 1.82) is 0 Å². The van der Waals surface area contributed by atoms with E-state index in [9.17, 15) is 9.59 Å². The fourth-order valence-electron chi connectivity index (χ4n) is 3.68. The zero-order valence-corrected chi connectivity index (χ0v) is 16.2. The van der Waals surface area contributed by atoms with Crippen LogP contribution < -0.4 is 0 Å². The molecule has 3 heteroatoms. The van der Waals surface area contributed by atoms with Crippen molar-refractivity contribution < 1.29 is 14.3 Å². The summed E-state index contributed by atoms with van der Waals surface area (Å²) in [6.07, 6.45) is 6.77. The van der Waals surface area contributed by atoms with E-state index in [1.807, 2.05) is 24.3 Å². The number of carbonyl (C=O) groups excluding carboxylic acids is 2. The minimum Gasteiger partial charge on any atom is -0.462 e. The molecule has 1 aliphatic carbocycles. The Morgan fingerprint density at radius 3 is 2.48 bits per heavy atom. The quantitative estimate of drug-likeness (QED) is 0.408. The number of hydrogen-bond acceptors (Lipinski definition) is 3. The Morgan fingerprint density at radius 1 is 1.07 bits per heavy atom. The Bertz CT molecular complexity index is 873. The first-order chi connectivity index (χ1) is 12.9. The number of ketones is 1. The van der Waals surface area contributed by atoms with Gasteiger partial charge in [-0.15, -0.1) is 0 Å². The number of ether oxygens (including phenoxy) is 1. The highest BCUT2D eigenvalue weighted by atomic mass is 16.5. The Morgan fingerprint density at radius 2 is 1.78 bits per heavy atom. The number of allylic oxidation sites excluding steroid dienone is 1. The van der Waals surface area contributed by atoms with Gasteiger partial charge in [-0.25, -0.2) is 4.79 Å². The number of carbonyl (C=O) groups is 2. The molecular weight excluding hydrogens is 336 g/mol. The topological polar surface area (TPSA) is 43.4 Å². The molecule has 0 N–H and O–H groups in total. The van der Waals surface area contributed by atoms with E-state index in [0.717, 1.165) is 17.5 Å². The number of esters is 1. The molecule has 0 atom stereocenters. The molecule has 3 rings (SSSR count). The van der Waals surface area contributed by atoms with E-state index in [-0.39, 0.29) is 17.2 Å². The highest BCUT2D eigenvalue weighted by molar-refractivity contribution is 6.07. The summed E-state index contributed by atoms with van der Waals surface area (Å²) in [5.41, 5.74) is 4.96. The van der Waals surface area contributed by atoms with Crippen LogP contribution in [0.2, 0.25) is 0 Å². The van der Waals surface area contributed by atoms with Gasteiger partial charge in [0.1, 0.15) is 0 Å². The van der Waals surface area contributed by atoms with Crippen LogP contribution in [0.5, 0.6) is 0 Å². The van der Waals surface area contributed by atoms with Crippen molar-refractivity contribution in [2.45, 2.75) is 45.4 Å². The molecule has 3 nitrogen and oxygen atoms in total. The van der Waals surface area contributed by atoms with Crippen molar-refractivity contribution in [3.63, 3.8) is 0 Å². The average Bonchev–Trinajstić information content (AvgIpc) is 2.66. The van der Waals surface area contributed by atoms with E-state index in [1.165, 1.54) is 24.0 Å². The van der Waals surface area contributed by atoms with Crippen LogP contribution >= 0.6 is 0 Å². The van der Waals surface area contributed by atoms with Crippen molar-refractivity contribution in [2.75, 3.05) is 6.61 Å². The van der Waals surface area contributed by atoms with Gasteiger partial charge in [0.05, 0.1) is 12.2 Å². The normalized spacial score (nSPS) is 15.4. The Kier molecular flexibility index (Phi) is 5.59. The molecule has 0 unspecified atom stereocenters. The van der Waals surface area contributed by atoms with Crippen molar-refractivity contribution in [3.05, 3.63) is 76.4 Å². The van der Waals surface area contributed by atoms with Gasteiger partial charge in [0.25, 0.3) is 0 Å². The fraction of sp³-hybridized carbons (Fsp3) is 0.333. The molecule has 27 heavy (non-hydrogen) atoms. The van der Waals surface area contributed by atoms with Crippen LogP contribution in [0.15, 0.2) is 48.5 Å². The predicted octanol–water partition coefficient (Wildman–Crippen LogP) is 5.37. The number of hydrogen-bond donors (Lipinski definition) is 0. The smallest absolute Gasteiger partial charge is 0.338 e. The Labute approximate surface area is 161 Å². The van der Waals surface area contributed by atoms with Gasteiger partial charge >= 0.3 is 5.97 Å². The molecule has 0 aliphatic heterocycles. The minimum absolute atomic E-state index is 0.00403. The zero-order valence-electron chi connectivity index (χ0n) is 16.2. The Hall–Kier alpha value is -2.68. The molecule has 2 aromatic carbocycles. The van der Waals surface area contributed by atoms with E-state index in [2.05, 4.69) is 19.9 Å². The van der Waals surface area contributed by atoms with E-state index >= 15 is 0 Å². The standard InChI is InChI=1S/C24H26O3/c1-4-27-23(26)18-10-7-17(8-11-18)9-14-22(25)20-12-13-21-19(16-20)6-5-15-24(21,2)3/h7-14,16H,4-6,15H2,1-3H3/b14-9+. The van der Waals surface area contributed by atoms with Crippen molar-refractivity contribution >= 4 is 17.8 Å². The molecule has 140 valence electrons. The first-order valence-corrected chi connectivity index (χ1v) is 9.54. The van der Waals surface area contributed by atoms with Gasteiger partial charge in [-0.2, -0.15) is 0 Å². The lowest BCUT2D eigenvalue weighted by atomic mass is 9.72. The maximum absolute atomic E-state index is 12.6. The summed E-state index contributed by atoms with van der Waals surface area (Å²) in [6, 6.07) is 13.1. The molecule has 1 aliphatic rings. The molecule has 0 saturated heterocycles. The monoisotopic (exact) mass is 362 g/mol. The molecule has 0 heterocycles. The first-order valence-electron chi connectivity index (χ1n) is 9.54. The summed E-state index contributed by atoms with van der Waals surface area (Å²) in [7, 11) is 0. The van der Waals surface area contributed by atoms with Gasteiger partial charge in [0.15, 0.2) is 5.78 Å². The molecule has 2 aromatic rings. The first kappa shape index (κ1) is 19.1. The van der Waals surface area contributed by atoms with Gasteiger partial charge in [-0.3, -0.25) is 4.79 Å². The van der Waals surface area contributed by atoms with Crippen molar-refractivity contribution in [1.82, 2.24) is 0 Å². The predicted molar refractivity (Wildman–Crippen MR) is 108 cm³/mol. The molecular formula is C24H26O3. The number of aryl methyl sites for hydroxylation is 1. The second-order valence-electron chi connectivity index (χ2n) is 7.65. The van der Waals surface area contributed by atoms with E-state index in [1.54, 1.807) is 31.2 Å². The van der Waals surface area contributed by atoms with Crippen LogP contribution in [-0.4, -0.2) is 18.4 Å². The SMILES string of the molecule is CCOC(=O)c1ccc(/C=C/C(=O)c2ccc3c(c2)CCCC3(C)C)cc1. The van der Waals surface area contributed by atoms with Crippen LogP contribution in [0.3, 0.4) is 0 Å². The summed E-state index contributed by atoms with van der Waals surface area (Å²) in [5, 5.41) is 0. The van der Waals surface area contributed by atoms with Gasteiger partial charge in [0.2, 0.25) is 0 Å². The van der Waals surface area contributed by atoms with Gasteiger partial charge in [0, 0.05) is 5.56 Å². The summed E-state index contributed by atoms with van der Waals surface area (Å²) in [4.78, 5) is 24.2. The molecule has 0 spiro atoms. The molecule has 0 amide bonds. The third kappa shape index (κ3) is 4.36. The lowest BCUT2D eigenvalue weighted by Gasteiger charge is -2.32. The Balaban J connectivity index is 1.73. The third-order valence-electron chi connectivity index (χ3n) is 5.22. The third-order valence-corrected chi connectivity index (χ3v) is 5.22. The van der Waals surface area contributed by atoms with Crippen LogP contribution in [0.4, 0.5) is 0 Å². The molecule has 0 saturated carbocycles. The van der Waals surface area contributed by atoms with Crippen molar-refractivity contribution in [3.8, 4) is 0 Å². The fourth-order valence-corrected chi connectivity index (χ4v) is 3.68. The molecule has 0 fully saturated rings. The molecule has 0 bridgehead atoms. The zero-order chi connectivity index (χ0) is 19.4. The van der Waals surface area contributed by atoms with E-state index in [4.69, 9.17) is 4.74 Å². The summed E-state index contributed by atoms with van der Waals surface area (Å²) in [5.74, 6) is -0.336. The largest absolute Gasteiger partial charge is 0.462 e. The van der Waals surface area contributed by atoms with Crippen molar-refractivity contribution in [2.24, 2.45) is 0 Å². The highest BCUT2D eigenvalue weighted by Crippen LogP contribution is 2.37. The van der Waals surface area contributed by atoms with E-state index in [0.29, 0.717) is 12.2 Å². The molecule has 0 radical (unpaired) electrons. The van der Waals surface area contributed by atoms with Gasteiger partial charge in [-0.05, 0) is 72.6 Å². The number of benzene rings is 2. The summed E-state index contributed by atoms with van der Waals surface area (Å²) in [6.45, 7) is 6.67. The summed E-state index contributed by atoms with van der Waals surface area (Å²) >= 11 is 0. The second-order valence-corrected chi connectivity index (χ2v) is 7.65. The minimum atomic E-state index is -0.332. The van der Waals surface area contributed by atoms with E-state index < -0.39 is 0 Å².